The molecule has 0 radical (unpaired) electrons. The summed E-state index contributed by atoms with van der Waals surface area (Å²) in [4.78, 5) is 15.8. The quantitative estimate of drug-likeness (QED) is 0.794. The lowest BCUT2D eigenvalue weighted by Crippen LogP contribution is -2.23. The van der Waals surface area contributed by atoms with E-state index in [1.807, 2.05) is 18.5 Å². The smallest absolute Gasteiger partial charge is 0.274 e. The van der Waals surface area contributed by atoms with Crippen LogP contribution in [0, 0.1) is 6.92 Å². The van der Waals surface area contributed by atoms with Crippen LogP contribution in [0.5, 0.6) is 0 Å². The Bertz CT molecular complexity index is 423. The van der Waals surface area contributed by atoms with E-state index in [9.17, 15) is 4.79 Å². The van der Waals surface area contributed by atoms with Crippen LogP contribution in [0.3, 0.4) is 0 Å². The molecule has 0 saturated heterocycles. The van der Waals surface area contributed by atoms with Gasteiger partial charge in [-0.05, 0) is 27.4 Å². The second-order valence-electron chi connectivity index (χ2n) is 4.77. The van der Waals surface area contributed by atoms with Crippen molar-refractivity contribution >= 4 is 5.91 Å². The average molecular weight is 252 g/mol. The molecule has 1 amide bonds. The average Bonchev–Trinajstić information content (AvgIpc) is 2.65. The van der Waals surface area contributed by atoms with Gasteiger partial charge in [0.1, 0.15) is 0 Å². The number of aromatic nitrogens is 2. The van der Waals surface area contributed by atoms with Gasteiger partial charge >= 0.3 is 0 Å². The molecule has 5 nitrogen and oxygen atoms in total. The van der Waals surface area contributed by atoms with E-state index in [4.69, 9.17) is 0 Å². The maximum absolute atomic E-state index is 12.0. The van der Waals surface area contributed by atoms with Crippen molar-refractivity contribution < 1.29 is 4.79 Å². The molecule has 1 heterocycles. The molecule has 1 aromatic heterocycles. The van der Waals surface area contributed by atoms with Crippen molar-refractivity contribution in [1.29, 1.82) is 0 Å². The summed E-state index contributed by atoms with van der Waals surface area (Å²) in [6, 6.07) is 0. The van der Waals surface area contributed by atoms with E-state index in [2.05, 4.69) is 24.0 Å². The topological polar surface area (TPSA) is 41.4 Å². The van der Waals surface area contributed by atoms with E-state index in [1.165, 1.54) is 0 Å². The highest BCUT2D eigenvalue weighted by Gasteiger charge is 2.21. The first-order valence-corrected chi connectivity index (χ1v) is 6.38. The minimum atomic E-state index is -0.0277. The normalized spacial score (nSPS) is 11.1. The van der Waals surface area contributed by atoms with Crippen molar-refractivity contribution in [3.63, 3.8) is 0 Å². The molecule has 0 N–H and O–H groups in total. The minimum Gasteiger partial charge on any atom is -0.343 e. The summed E-state index contributed by atoms with van der Waals surface area (Å²) >= 11 is 0. The van der Waals surface area contributed by atoms with Crippen LogP contribution >= 0.6 is 0 Å². The number of amides is 1. The Balaban J connectivity index is 3.14. The van der Waals surface area contributed by atoms with E-state index in [1.54, 1.807) is 19.0 Å². The molecule has 0 aromatic carbocycles. The molecule has 0 unspecified atom stereocenters. The maximum Gasteiger partial charge on any atom is 0.274 e. The summed E-state index contributed by atoms with van der Waals surface area (Å²) in [5.41, 5.74) is 2.70. The molecule has 0 saturated carbocycles. The highest BCUT2D eigenvalue weighted by Crippen LogP contribution is 2.16. The van der Waals surface area contributed by atoms with Gasteiger partial charge in [0.05, 0.1) is 5.69 Å². The van der Waals surface area contributed by atoms with Crippen molar-refractivity contribution in [2.75, 3.05) is 27.7 Å². The summed E-state index contributed by atoms with van der Waals surface area (Å²) in [5, 5.41) is 4.44. The SMILES string of the molecule is CCN(C)Cc1c(C)c(C(=O)N(C)C)nn1CC. The maximum atomic E-state index is 12.0. The van der Waals surface area contributed by atoms with Crippen LogP contribution in [0.4, 0.5) is 0 Å². The van der Waals surface area contributed by atoms with Crippen LogP contribution in [0.15, 0.2) is 0 Å². The highest BCUT2D eigenvalue weighted by molar-refractivity contribution is 5.93. The second kappa shape index (κ2) is 6.00. The van der Waals surface area contributed by atoms with Crippen LogP contribution in [0.25, 0.3) is 0 Å². The summed E-state index contributed by atoms with van der Waals surface area (Å²) in [5.74, 6) is -0.0277. The van der Waals surface area contributed by atoms with Crippen molar-refractivity contribution in [2.24, 2.45) is 0 Å². The zero-order valence-electron chi connectivity index (χ0n) is 12.3. The number of carbonyl (C=O) groups excluding carboxylic acids is 1. The lowest BCUT2D eigenvalue weighted by Gasteiger charge is -2.15. The second-order valence-corrected chi connectivity index (χ2v) is 4.77. The molecule has 0 fully saturated rings. The predicted molar refractivity (Wildman–Crippen MR) is 72.7 cm³/mol. The van der Waals surface area contributed by atoms with Gasteiger partial charge in [-0.3, -0.25) is 9.48 Å². The Kier molecular flexibility index (Phi) is 4.90. The lowest BCUT2D eigenvalue weighted by molar-refractivity contribution is 0.0820. The van der Waals surface area contributed by atoms with Crippen LogP contribution in [-0.2, 0) is 13.1 Å². The number of nitrogens with zero attached hydrogens (tertiary/aromatic N) is 4. The lowest BCUT2D eigenvalue weighted by atomic mass is 10.2. The first-order valence-electron chi connectivity index (χ1n) is 6.38. The van der Waals surface area contributed by atoms with Crippen molar-refractivity contribution in [2.45, 2.75) is 33.9 Å². The van der Waals surface area contributed by atoms with Crippen LogP contribution in [0.2, 0.25) is 0 Å². The predicted octanol–water partition coefficient (Wildman–Crippen LogP) is 1.36. The molecule has 5 heteroatoms. The first-order chi connectivity index (χ1) is 8.42. The molecule has 18 heavy (non-hydrogen) atoms. The van der Waals surface area contributed by atoms with Crippen LogP contribution < -0.4 is 0 Å². The fraction of sp³-hybridized carbons (Fsp3) is 0.692. The molecule has 0 spiro atoms. The fourth-order valence-electron chi connectivity index (χ4n) is 1.83. The van der Waals surface area contributed by atoms with Gasteiger partial charge in [-0.15, -0.1) is 0 Å². The van der Waals surface area contributed by atoms with E-state index in [-0.39, 0.29) is 5.91 Å². The van der Waals surface area contributed by atoms with E-state index < -0.39 is 0 Å². The Labute approximate surface area is 109 Å². The molecule has 0 aliphatic heterocycles. The Morgan fingerprint density at radius 1 is 1.28 bits per heavy atom. The number of hydrogen-bond acceptors (Lipinski definition) is 3. The Morgan fingerprint density at radius 3 is 2.33 bits per heavy atom. The number of aryl methyl sites for hydroxylation is 1. The third kappa shape index (κ3) is 2.90. The molecule has 0 bridgehead atoms. The third-order valence-electron chi connectivity index (χ3n) is 3.19. The van der Waals surface area contributed by atoms with Crippen LogP contribution in [-0.4, -0.2) is 53.2 Å². The molecular weight excluding hydrogens is 228 g/mol. The summed E-state index contributed by atoms with van der Waals surface area (Å²) < 4.78 is 1.93. The van der Waals surface area contributed by atoms with Crippen LogP contribution in [0.1, 0.15) is 35.6 Å². The number of carbonyl (C=O) groups is 1. The van der Waals surface area contributed by atoms with Gasteiger partial charge in [-0.2, -0.15) is 5.10 Å². The molecular formula is C13H24N4O. The molecule has 102 valence electrons. The van der Waals surface area contributed by atoms with Gasteiger partial charge < -0.3 is 9.80 Å². The van der Waals surface area contributed by atoms with E-state index >= 15 is 0 Å². The van der Waals surface area contributed by atoms with E-state index in [0.717, 1.165) is 30.9 Å². The van der Waals surface area contributed by atoms with E-state index in [0.29, 0.717) is 5.69 Å². The zero-order chi connectivity index (χ0) is 13.9. The third-order valence-corrected chi connectivity index (χ3v) is 3.19. The fourth-order valence-corrected chi connectivity index (χ4v) is 1.83. The Morgan fingerprint density at radius 2 is 1.89 bits per heavy atom. The standard InChI is InChI=1S/C13H24N4O/c1-7-16(6)9-11-10(3)12(13(18)15(4)5)14-17(11)8-2/h7-9H2,1-6H3. The first kappa shape index (κ1) is 14.7. The zero-order valence-corrected chi connectivity index (χ0v) is 12.3. The van der Waals surface area contributed by atoms with Gasteiger partial charge in [-0.25, -0.2) is 0 Å². The van der Waals surface area contributed by atoms with Gasteiger partial charge in [0, 0.05) is 32.7 Å². The van der Waals surface area contributed by atoms with Gasteiger partial charge in [-0.1, -0.05) is 6.92 Å². The molecule has 1 rings (SSSR count). The van der Waals surface area contributed by atoms with Gasteiger partial charge in [0.15, 0.2) is 5.69 Å². The molecule has 0 aliphatic carbocycles. The summed E-state index contributed by atoms with van der Waals surface area (Å²) in [6.45, 7) is 8.73. The minimum absolute atomic E-state index is 0.0277. The Hall–Kier alpha value is -1.36. The van der Waals surface area contributed by atoms with Gasteiger partial charge in [0.25, 0.3) is 5.91 Å². The summed E-state index contributed by atoms with van der Waals surface area (Å²) in [7, 11) is 5.58. The summed E-state index contributed by atoms with van der Waals surface area (Å²) in [6.07, 6.45) is 0. The molecule has 1 aromatic rings. The highest BCUT2D eigenvalue weighted by atomic mass is 16.2. The number of hydrogen-bond donors (Lipinski definition) is 0. The van der Waals surface area contributed by atoms with Gasteiger partial charge in [0.2, 0.25) is 0 Å². The molecule has 0 aliphatic rings. The van der Waals surface area contributed by atoms with Crippen molar-refractivity contribution in [3.8, 4) is 0 Å². The number of rotatable bonds is 5. The molecule has 0 atom stereocenters. The van der Waals surface area contributed by atoms with Crippen molar-refractivity contribution in [1.82, 2.24) is 19.6 Å². The monoisotopic (exact) mass is 252 g/mol. The van der Waals surface area contributed by atoms with Crippen molar-refractivity contribution in [3.05, 3.63) is 17.0 Å². The largest absolute Gasteiger partial charge is 0.343 e.